The van der Waals surface area contributed by atoms with E-state index in [-0.39, 0.29) is 17.7 Å². The summed E-state index contributed by atoms with van der Waals surface area (Å²) < 4.78 is 0. The van der Waals surface area contributed by atoms with Gasteiger partial charge in [-0.3, -0.25) is 9.59 Å². The molecule has 26 heavy (non-hydrogen) atoms. The maximum absolute atomic E-state index is 12.5. The van der Waals surface area contributed by atoms with Gasteiger partial charge in [-0.15, -0.1) is 0 Å². The predicted octanol–water partition coefficient (Wildman–Crippen LogP) is 2.99. The number of aromatic amines is 1. The van der Waals surface area contributed by atoms with E-state index in [4.69, 9.17) is 0 Å². The summed E-state index contributed by atoms with van der Waals surface area (Å²) in [6.07, 6.45) is 0.797. The average molecular weight is 347 g/mol. The second-order valence-corrected chi connectivity index (χ2v) is 6.78. The molecule has 1 aliphatic heterocycles. The lowest BCUT2D eigenvalue weighted by Crippen LogP contribution is -2.33. The van der Waals surface area contributed by atoms with E-state index in [0.29, 0.717) is 24.3 Å². The zero-order chi connectivity index (χ0) is 18.1. The first-order chi connectivity index (χ1) is 12.6. The fourth-order valence-corrected chi connectivity index (χ4v) is 3.55. The predicted molar refractivity (Wildman–Crippen MR) is 102 cm³/mol. The molecule has 3 aromatic rings. The van der Waals surface area contributed by atoms with Crippen LogP contribution in [0.5, 0.6) is 0 Å². The van der Waals surface area contributed by atoms with Crippen molar-refractivity contribution in [3.05, 3.63) is 70.9 Å². The van der Waals surface area contributed by atoms with Crippen LogP contribution < -0.4 is 10.6 Å². The number of hydrogen-bond donors (Lipinski definition) is 3. The number of hydrogen-bond acceptors (Lipinski definition) is 2. The van der Waals surface area contributed by atoms with Gasteiger partial charge in [-0.05, 0) is 35.7 Å². The summed E-state index contributed by atoms with van der Waals surface area (Å²) in [6.45, 7) is 3.29. The molecule has 1 aromatic heterocycles. The van der Waals surface area contributed by atoms with Crippen molar-refractivity contribution in [1.82, 2.24) is 15.6 Å². The third kappa shape index (κ3) is 2.96. The Hall–Kier alpha value is -3.08. The topological polar surface area (TPSA) is 74.0 Å². The van der Waals surface area contributed by atoms with Crippen molar-refractivity contribution in [3.8, 4) is 0 Å². The van der Waals surface area contributed by atoms with E-state index in [2.05, 4.69) is 34.7 Å². The third-order valence-electron chi connectivity index (χ3n) is 4.93. The minimum atomic E-state index is -0.0919. The second kappa shape index (κ2) is 6.67. The number of benzene rings is 2. The van der Waals surface area contributed by atoms with E-state index in [0.717, 1.165) is 22.9 Å². The van der Waals surface area contributed by atoms with Gasteiger partial charge in [0.05, 0.1) is 0 Å². The molecule has 0 spiro atoms. The molecule has 0 aliphatic carbocycles. The number of amides is 2. The fraction of sp³-hybridized carbons (Fsp3) is 0.238. The summed E-state index contributed by atoms with van der Waals surface area (Å²) in [7, 11) is 0. The van der Waals surface area contributed by atoms with Gasteiger partial charge < -0.3 is 15.6 Å². The maximum Gasteiger partial charge on any atom is 0.268 e. The van der Waals surface area contributed by atoms with Crippen LogP contribution in [0.25, 0.3) is 10.9 Å². The molecule has 0 radical (unpaired) electrons. The molecule has 5 heteroatoms. The Kier molecular flexibility index (Phi) is 4.21. The van der Waals surface area contributed by atoms with Gasteiger partial charge in [0.1, 0.15) is 5.69 Å². The molecule has 3 N–H and O–H groups in total. The standard InChI is InChI=1S/C21H21N3O2/c1-13-12-23-21(26)19-18(13)16-11-15(7-8-17(16)24-19)20(25)22-10-9-14-5-3-2-4-6-14/h2-8,11,13,24H,9-10,12H2,1H3,(H,22,25)(H,23,26). The molecule has 0 saturated heterocycles. The van der Waals surface area contributed by atoms with Crippen molar-refractivity contribution in [3.63, 3.8) is 0 Å². The number of H-pyrrole nitrogens is 1. The summed E-state index contributed by atoms with van der Waals surface area (Å²) in [4.78, 5) is 27.8. The number of fused-ring (bicyclic) bond motifs is 3. The number of rotatable bonds is 4. The molecular formula is C21H21N3O2. The van der Waals surface area contributed by atoms with Crippen molar-refractivity contribution in [2.45, 2.75) is 19.3 Å². The Morgan fingerprint density at radius 1 is 1.19 bits per heavy atom. The molecular weight excluding hydrogens is 326 g/mol. The number of aromatic nitrogens is 1. The molecule has 132 valence electrons. The molecule has 1 aliphatic rings. The van der Waals surface area contributed by atoms with Gasteiger partial charge in [-0.25, -0.2) is 0 Å². The van der Waals surface area contributed by atoms with Crippen molar-refractivity contribution >= 4 is 22.7 Å². The lowest BCUT2D eigenvalue weighted by atomic mass is 9.93. The van der Waals surface area contributed by atoms with Crippen molar-refractivity contribution in [2.24, 2.45) is 0 Å². The van der Waals surface area contributed by atoms with Crippen LogP contribution in [0.15, 0.2) is 48.5 Å². The molecule has 0 bridgehead atoms. The van der Waals surface area contributed by atoms with E-state index in [1.807, 2.05) is 30.3 Å². The van der Waals surface area contributed by atoms with Gasteiger partial charge in [0.2, 0.25) is 0 Å². The molecule has 4 rings (SSSR count). The fourth-order valence-electron chi connectivity index (χ4n) is 3.55. The van der Waals surface area contributed by atoms with Gasteiger partial charge in [0.25, 0.3) is 11.8 Å². The monoisotopic (exact) mass is 347 g/mol. The molecule has 5 nitrogen and oxygen atoms in total. The van der Waals surface area contributed by atoms with Crippen LogP contribution >= 0.6 is 0 Å². The van der Waals surface area contributed by atoms with Gasteiger partial charge in [-0.2, -0.15) is 0 Å². The molecule has 2 amide bonds. The van der Waals surface area contributed by atoms with E-state index in [9.17, 15) is 9.59 Å². The summed E-state index contributed by atoms with van der Waals surface area (Å²) in [5.74, 6) is 0.0432. The van der Waals surface area contributed by atoms with Gasteiger partial charge in [0.15, 0.2) is 0 Å². The molecule has 0 fully saturated rings. The van der Waals surface area contributed by atoms with Crippen LogP contribution in [0.1, 0.15) is 44.8 Å². The van der Waals surface area contributed by atoms with Crippen LogP contribution in [-0.2, 0) is 6.42 Å². The Labute approximate surface area is 151 Å². The summed E-state index contributed by atoms with van der Waals surface area (Å²) in [5.41, 5.74) is 4.32. The third-order valence-corrected chi connectivity index (χ3v) is 4.93. The normalized spacial score (nSPS) is 16.2. The van der Waals surface area contributed by atoms with Crippen LogP contribution in [0.3, 0.4) is 0 Å². The summed E-state index contributed by atoms with van der Waals surface area (Å²) >= 11 is 0. The summed E-state index contributed by atoms with van der Waals surface area (Å²) in [6, 6.07) is 15.6. The maximum atomic E-state index is 12.5. The zero-order valence-electron chi connectivity index (χ0n) is 14.6. The van der Waals surface area contributed by atoms with E-state index < -0.39 is 0 Å². The van der Waals surface area contributed by atoms with Crippen LogP contribution in [-0.4, -0.2) is 29.9 Å². The van der Waals surface area contributed by atoms with Crippen molar-refractivity contribution in [1.29, 1.82) is 0 Å². The Morgan fingerprint density at radius 2 is 2.00 bits per heavy atom. The first-order valence-corrected chi connectivity index (χ1v) is 8.89. The molecule has 2 heterocycles. The van der Waals surface area contributed by atoms with E-state index in [1.54, 1.807) is 6.07 Å². The highest BCUT2D eigenvalue weighted by atomic mass is 16.2. The lowest BCUT2D eigenvalue weighted by Gasteiger charge is -2.19. The Morgan fingerprint density at radius 3 is 2.81 bits per heavy atom. The highest BCUT2D eigenvalue weighted by molar-refractivity contribution is 6.05. The highest BCUT2D eigenvalue weighted by Crippen LogP contribution is 2.32. The van der Waals surface area contributed by atoms with Crippen molar-refractivity contribution in [2.75, 3.05) is 13.1 Å². The summed E-state index contributed by atoms with van der Waals surface area (Å²) in [5, 5.41) is 6.81. The number of nitrogens with one attached hydrogen (secondary N) is 3. The first kappa shape index (κ1) is 16.4. The quantitative estimate of drug-likeness (QED) is 0.679. The number of carbonyl (C=O) groups excluding carboxylic acids is 2. The highest BCUT2D eigenvalue weighted by Gasteiger charge is 2.27. The van der Waals surface area contributed by atoms with Crippen LogP contribution in [0.4, 0.5) is 0 Å². The Bertz CT molecular complexity index is 976. The van der Waals surface area contributed by atoms with Gasteiger partial charge in [0, 0.05) is 35.5 Å². The van der Waals surface area contributed by atoms with E-state index in [1.165, 1.54) is 5.56 Å². The molecule has 1 unspecified atom stereocenters. The van der Waals surface area contributed by atoms with E-state index >= 15 is 0 Å². The SMILES string of the molecule is CC1CNC(=O)c2[nH]c3ccc(C(=O)NCCc4ccccc4)cc3c21. The minimum absolute atomic E-state index is 0.0804. The zero-order valence-corrected chi connectivity index (χ0v) is 14.6. The first-order valence-electron chi connectivity index (χ1n) is 8.89. The minimum Gasteiger partial charge on any atom is -0.352 e. The van der Waals surface area contributed by atoms with Crippen LogP contribution in [0, 0.1) is 0 Å². The van der Waals surface area contributed by atoms with Crippen LogP contribution in [0.2, 0.25) is 0 Å². The Balaban J connectivity index is 1.54. The number of carbonyl (C=O) groups is 2. The smallest absolute Gasteiger partial charge is 0.268 e. The molecule has 2 aromatic carbocycles. The molecule has 1 atom stereocenters. The van der Waals surface area contributed by atoms with Gasteiger partial charge >= 0.3 is 0 Å². The second-order valence-electron chi connectivity index (χ2n) is 6.78. The lowest BCUT2D eigenvalue weighted by molar-refractivity contribution is 0.0934. The van der Waals surface area contributed by atoms with Gasteiger partial charge in [-0.1, -0.05) is 37.3 Å². The largest absolute Gasteiger partial charge is 0.352 e. The molecule has 0 saturated carbocycles. The van der Waals surface area contributed by atoms with Crippen molar-refractivity contribution < 1.29 is 9.59 Å². The average Bonchev–Trinajstić information content (AvgIpc) is 3.05.